The Labute approximate surface area is 225 Å². The summed E-state index contributed by atoms with van der Waals surface area (Å²) in [4.78, 5) is 38.6. The molecule has 8 nitrogen and oxygen atoms in total. The number of nitrogens with zero attached hydrogens (tertiary/aromatic N) is 4. The lowest BCUT2D eigenvalue weighted by Crippen LogP contribution is -2.50. The number of aliphatic hydroxyl groups excluding tert-OH is 1. The number of hydrogen-bond acceptors (Lipinski definition) is 6. The van der Waals surface area contributed by atoms with E-state index in [4.69, 9.17) is 4.74 Å². The molecule has 0 bridgehead atoms. The standard InChI is InChI=1S/C30H38N4O4/c1-21-18-34(22(2)20-35)30(37)26-15-24(13-12-23-9-5-4-6-10-23)17-32-29(26)38-27(21)19-33(3)28(36)16-25-11-7-8-14-31-25/h7-8,11,14-15,17,21-23,27,35H,4-6,9-10,16,18-20H2,1-3H3/t21-,22-,27-/m1/s1. The fourth-order valence-corrected chi connectivity index (χ4v) is 4.99. The first-order valence-corrected chi connectivity index (χ1v) is 13.6. The smallest absolute Gasteiger partial charge is 0.259 e. The van der Waals surface area contributed by atoms with Crippen molar-refractivity contribution in [2.45, 2.75) is 64.5 Å². The van der Waals surface area contributed by atoms with Gasteiger partial charge in [-0.05, 0) is 38.0 Å². The highest BCUT2D eigenvalue weighted by molar-refractivity contribution is 5.97. The second kappa shape index (κ2) is 12.9. The van der Waals surface area contributed by atoms with Gasteiger partial charge in [0.25, 0.3) is 5.91 Å². The molecule has 38 heavy (non-hydrogen) atoms. The molecule has 8 heteroatoms. The van der Waals surface area contributed by atoms with E-state index in [1.165, 1.54) is 19.3 Å². The molecule has 2 aromatic rings. The number of carbonyl (C=O) groups excluding carboxylic acids is 2. The van der Waals surface area contributed by atoms with Crippen LogP contribution in [0.1, 0.15) is 67.6 Å². The predicted molar refractivity (Wildman–Crippen MR) is 144 cm³/mol. The van der Waals surface area contributed by atoms with Gasteiger partial charge < -0.3 is 19.6 Å². The molecule has 4 rings (SSSR count). The molecule has 1 aliphatic carbocycles. The SMILES string of the molecule is C[C@@H]1CN([C@H](C)CO)C(=O)c2cc(C#CC3CCCCC3)cnc2O[C@@H]1CN(C)C(=O)Cc1ccccn1. The van der Waals surface area contributed by atoms with Crippen LogP contribution < -0.4 is 4.74 Å². The van der Waals surface area contributed by atoms with E-state index in [1.807, 2.05) is 32.0 Å². The molecule has 0 radical (unpaired) electrons. The van der Waals surface area contributed by atoms with Crippen LogP contribution in [0.5, 0.6) is 5.88 Å². The average Bonchev–Trinajstić information content (AvgIpc) is 2.94. The van der Waals surface area contributed by atoms with Crippen molar-refractivity contribution in [3.8, 4) is 17.7 Å². The second-order valence-corrected chi connectivity index (χ2v) is 10.6. The van der Waals surface area contributed by atoms with Crippen molar-refractivity contribution < 1.29 is 19.4 Å². The van der Waals surface area contributed by atoms with E-state index in [2.05, 4.69) is 21.8 Å². The third-order valence-corrected chi connectivity index (χ3v) is 7.48. The van der Waals surface area contributed by atoms with Crippen molar-refractivity contribution in [1.29, 1.82) is 0 Å². The van der Waals surface area contributed by atoms with Gasteiger partial charge in [0.1, 0.15) is 11.7 Å². The van der Waals surface area contributed by atoms with Crippen molar-refractivity contribution in [2.75, 3.05) is 26.7 Å². The topological polar surface area (TPSA) is 95.9 Å². The lowest BCUT2D eigenvalue weighted by atomic mass is 9.90. The van der Waals surface area contributed by atoms with Crippen LogP contribution in [0.2, 0.25) is 0 Å². The molecular weight excluding hydrogens is 480 g/mol. The second-order valence-electron chi connectivity index (χ2n) is 10.6. The van der Waals surface area contributed by atoms with Gasteiger partial charge in [0.15, 0.2) is 0 Å². The van der Waals surface area contributed by atoms with Crippen LogP contribution in [-0.2, 0) is 11.2 Å². The maximum Gasteiger partial charge on any atom is 0.259 e. The minimum Gasteiger partial charge on any atom is -0.472 e. The van der Waals surface area contributed by atoms with Gasteiger partial charge in [-0.3, -0.25) is 14.6 Å². The van der Waals surface area contributed by atoms with E-state index in [-0.39, 0.29) is 42.7 Å². The normalized spacial score (nSPS) is 20.7. The Hall–Kier alpha value is -3.44. The zero-order valence-electron chi connectivity index (χ0n) is 22.6. The summed E-state index contributed by atoms with van der Waals surface area (Å²) < 4.78 is 6.32. The fraction of sp³-hybridized carbons (Fsp3) is 0.533. The van der Waals surface area contributed by atoms with E-state index < -0.39 is 6.10 Å². The molecule has 3 heterocycles. The van der Waals surface area contributed by atoms with Gasteiger partial charge >= 0.3 is 0 Å². The maximum absolute atomic E-state index is 13.6. The first-order valence-electron chi connectivity index (χ1n) is 13.6. The number of rotatable bonds is 6. The summed E-state index contributed by atoms with van der Waals surface area (Å²) in [7, 11) is 1.75. The predicted octanol–water partition coefficient (Wildman–Crippen LogP) is 3.33. The van der Waals surface area contributed by atoms with E-state index in [1.54, 1.807) is 35.3 Å². The molecule has 202 valence electrons. The number of hydrogen-bond donors (Lipinski definition) is 1. The molecule has 1 fully saturated rings. The zero-order valence-corrected chi connectivity index (χ0v) is 22.6. The lowest BCUT2D eigenvalue weighted by Gasteiger charge is -2.37. The molecule has 3 atom stereocenters. The maximum atomic E-state index is 13.6. The summed E-state index contributed by atoms with van der Waals surface area (Å²) in [5, 5.41) is 9.89. The van der Waals surface area contributed by atoms with Crippen LogP contribution in [0.15, 0.2) is 36.7 Å². The fourth-order valence-electron chi connectivity index (χ4n) is 4.99. The van der Waals surface area contributed by atoms with Gasteiger partial charge in [0.05, 0.1) is 25.6 Å². The molecule has 2 amide bonds. The van der Waals surface area contributed by atoms with Crippen LogP contribution in [-0.4, -0.2) is 75.6 Å². The summed E-state index contributed by atoms with van der Waals surface area (Å²) in [6.45, 7) is 4.36. The highest BCUT2D eigenvalue weighted by atomic mass is 16.5. The van der Waals surface area contributed by atoms with Gasteiger partial charge in [0.2, 0.25) is 11.8 Å². The molecule has 1 N–H and O–H groups in total. The molecule has 0 spiro atoms. The Balaban J connectivity index is 1.57. The minimum atomic E-state index is -0.403. The zero-order chi connectivity index (χ0) is 27.1. The van der Waals surface area contributed by atoms with Crippen molar-refractivity contribution >= 4 is 11.8 Å². The Morgan fingerprint density at radius 2 is 2.05 bits per heavy atom. The van der Waals surface area contributed by atoms with Crippen LogP contribution >= 0.6 is 0 Å². The largest absolute Gasteiger partial charge is 0.472 e. The number of pyridine rings is 2. The monoisotopic (exact) mass is 518 g/mol. The van der Waals surface area contributed by atoms with E-state index in [0.29, 0.717) is 35.8 Å². The molecule has 1 saturated carbocycles. The van der Waals surface area contributed by atoms with Gasteiger partial charge in [-0.15, -0.1) is 0 Å². The summed E-state index contributed by atoms with van der Waals surface area (Å²) in [5.74, 6) is 6.78. The highest BCUT2D eigenvalue weighted by Crippen LogP contribution is 2.28. The average molecular weight is 519 g/mol. The molecule has 2 aromatic heterocycles. The van der Waals surface area contributed by atoms with Gasteiger partial charge in [-0.2, -0.15) is 0 Å². The Morgan fingerprint density at radius 3 is 2.76 bits per heavy atom. The Morgan fingerprint density at radius 1 is 1.26 bits per heavy atom. The Bertz CT molecular complexity index is 1170. The number of amides is 2. The number of ether oxygens (including phenoxy) is 1. The van der Waals surface area contributed by atoms with E-state index in [0.717, 1.165) is 12.8 Å². The van der Waals surface area contributed by atoms with Crippen molar-refractivity contribution in [1.82, 2.24) is 19.8 Å². The summed E-state index contributed by atoms with van der Waals surface area (Å²) in [5.41, 5.74) is 1.72. The third kappa shape index (κ3) is 6.90. The molecule has 1 aliphatic heterocycles. The first-order chi connectivity index (χ1) is 18.4. The summed E-state index contributed by atoms with van der Waals surface area (Å²) in [6, 6.07) is 6.88. The molecule has 0 saturated heterocycles. The van der Waals surface area contributed by atoms with Crippen LogP contribution in [0.25, 0.3) is 0 Å². The van der Waals surface area contributed by atoms with Crippen molar-refractivity contribution in [2.24, 2.45) is 11.8 Å². The highest BCUT2D eigenvalue weighted by Gasteiger charge is 2.34. The van der Waals surface area contributed by atoms with Crippen LogP contribution in [0.3, 0.4) is 0 Å². The minimum absolute atomic E-state index is 0.0697. The molecule has 2 aliphatic rings. The van der Waals surface area contributed by atoms with Crippen LogP contribution in [0.4, 0.5) is 0 Å². The summed E-state index contributed by atoms with van der Waals surface area (Å²) >= 11 is 0. The number of aliphatic hydroxyl groups is 1. The van der Waals surface area contributed by atoms with Gasteiger partial charge in [-0.25, -0.2) is 4.98 Å². The number of aromatic nitrogens is 2. The quantitative estimate of drug-likeness (QED) is 0.590. The third-order valence-electron chi connectivity index (χ3n) is 7.48. The van der Waals surface area contributed by atoms with Crippen molar-refractivity contribution in [3.63, 3.8) is 0 Å². The van der Waals surface area contributed by atoms with Crippen LogP contribution in [0, 0.1) is 23.7 Å². The number of carbonyl (C=O) groups is 2. The molecular formula is C30H38N4O4. The van der Waals surface area contributed by atoms with Gasteiger partial charge in [0, 0.05) is 49.1 Å². The Kier molecular flexibility index (Phi) is 9.35. The van der Waals surface area contributed by atoms with Gasteiger partial charge in [-0.1, -0.05) is 44.1 Å². The van der Waals surface area contributed by atoms with E-state index >= 15 is 0 Å². The summed E-state index contributed by atoms with van der Waals surface area (Å²) in [6.07, 6.45) is 9.03. The molecule has 0 unspecified atom stereocenters. The van der Waals surface area contributed by atoms with E-state index in [9.17, 15) is 14.7 Å². The molecule has 0 aromatic carbocycles. The lowest BCUT2D eigenvalue weighted by molar-refractivity contribution is -0.130. The first kappa shape index (κ1) is 27.6. The number of fused-ring (bicyclic) bond motifs is 1. The van der Waals surface area contributed by atoms with Crippen molar-refractivity contribution in [3.05, 3.63) is 53.5 Å². The number of likely N-dealkylation sites (N-methyl/N-ethyl adjacent to an activating group) is 1.